The first-order valence-corrected chi connectivity index (χ1v) is 10.1. The average Bonchev–Trinajstić information content (AvgIpc) is 3.45. The highest BCUT2D eigenvalue weighted by atomic mass is 16.5. The molecule has 0 spiro atoms. The fourth-order valence-electron chi connectivity index (χ4n) is 3.54. The minimum atomic E-state index is -0.251. The molecule has 0 bridgehead atoms. The van der Waals surface area contributed by atoms with Gasteiger partial charge in [0, 0.05) is 63.9 Å². The second kappa shape index (κ2) is 8.30. The highest BCUT2D eigenvalue weighted by Gasteiger charge is 2.31. The van der Waals surface area contributed by atoms with Crippen LogP contribution >= 0.6 is 0 Å². The summed E-state index contributed by atoms with van der Waals surface area (Å²) in [6, 6.07) is 2.48. The molecule has 28 heavy (non-hydrogen) atoms. The second-order valence-corrected chi connectivity index (χ2v) is 7.78. The van der Waals surface area contributed by atoms with E-state index in [0.717, 1.165) is 37.4 Å². The first-order valence-electron chi connectivity index (χ1n) is 10.1. The minimum Gasteiger partial charge on any atom is -0.378 e. The number of hydrogen-bond donors (Lipinski definition) is 2. The zero-order valence-corrected chi connectivity index (χ0v) is 16.3. The Bertz CT molecular complexity index is 732. The van der Waals surface area contributed by atoms with E-state index in [4.69, 9.17) is 4.74 Å². The lowest BCUT2D eigenvalue weighted by atomic mass is 10.1. The highest BCUT2D eigenvalue weighted by Crippen LogP contribution is 2.25. The van der Waals surface area contributed by atoms with Gasteiger partial charge < -0.3 is 25.2 Å². The van der Waals surface area contributed by atoms with Crippen LogP contribution in [0, 0.1) is 5.92 Å². The molecule has 2 N–H and O–H groups in total. The van der Waals surface area contributed by atoms with Crippen molar-refractivity contribution >= 4 is 23.6 Å². The van der Waals surface area contributed by atoms with Crippen LogP contribution in [0.1, 0.15) is 25.0 Å². The van der Waals surface area contributed by atoms with E-state index in [1.54, 1.807) is 11.9 Å². The van der Waals surface area contributed by atoms with E-state index >= 15 is 0 Å². The van der Waals surface area contributed by atoms with Crippen molar-refractivity contribution in [1.82, 2.24) is 20.2 Å². The van der Waals surface area contributed by atoms with Crippen LogP contribution in [0.2, 0.25) is 0 Å². The Hall–Kier alpha value is -2.42. The molecular formula is C19H28N6O3. The molecule has 1 aromatic rings. The van der Waals surface area contributed by atoms with E-state index in [9.17, 15) is 9.59 Å². The average molecular weight is 388 g/mol. The van der Waals surface area contributed by atoms with E-state index in [0.29, 0.717) is 51.1 Å². The molecule has 3 aliphatic rings. The predicted molar refractivity (Wildman–Crippen MR) is 104 cm³/mol. The largest absolute Gasteiger partial charge is 0.378 e. The summed E-state index contributed by atoms with van der Waals surface area (Å²) < 4.78 is 5.44. The molecule has 4 rings (SSSR count). The number of nitrogens with zero attached hydrogens (tertiary/aromatic N) is 4. The first-order chi connectivity index (χ1) is 13.6. The Kier molecular flexibility index (Phi) is 5.61. The number of hydrogen-bond acceptors (Lipinski definition) is 7. The van der Waals surface area contributed by atoms with Gasteiger partial charge in [-0.3, -0.25) is 9.59 Å². The number of likely N-dealkylation sites (tertiary alicyclic amines) is 1. The number of carbonyl (C=O) groups is 2. The summed E-state index contributed by atoms with van der Waals surface area (Å²) in [4.78, 5) is 37.1. The Labute approximate surface area is 164 Å². The van der Waals surface area contributed by atoms with Gasteiger partial charge in [0.1, 0.15) is 5.82 Å². The van der Waals surface area contributed by atoms with E-state index < -0.39 is 0 Å². The van der Waals surface area contributed by atoms with Gasteiger partial charge in [-0.15, -0.1) is 0 Å². The molecule has 1 saturated carbocycles. The summed E-state index contributed by atoms with van der Waals surface area (Å²) in [6.07, 6.45) is 3.24. The van der Waals surface area contributed by atoms with Crippen molar-refractivity contribution in [3.8, 4) is 0 Å². The Morgan fingerprint density at radius 1 is 1.29 bits per heavy atom. The highest BCUT2D eigenvalue weighted by molar-refractivity contribution is 5.89. The van der Waals surface area contributed by atoms with E-state index in [1.165, 1.54) is 0 Å². The fraction of sp³-hybridized carbons (Fsp3) is 0.684. The van der Waals surface area contributed by atoms with Crippen molar-refractivity contribution in [2.45, 2.75) is 31.7 Å². The van der Waals surface area contributed by atoms with Crippen molar-refractivity contribution in [2.75, 3.05) is 56.7 Å². The normalized spacial score (nSPS) is 22.5. The summed E-state index contributed by atoms with van der Waals surface area (Å²) in [5.74, 6) is 1.29. The number of aromatic nitrogens is 2. The SMILES string of the molecule is CN1CC(C(=O)NCCc2cc(N3CCOCC3)nc(NC3CC3)n2)CC1=O. The van der Waals surface area contributed by atoms with E-state index in [2.05, 4.69) is 25.5 Å². The monoisotopic (exact) mass is 388 g/mol. The van der Waals surface area contributed by atoms with Gasteiger partial charge in [-0.2, -0.15) is 4.98 Å². The van der Waals surface area contributed by atoms with Crippen LogP contribution in [-0.4, -0.2) is 79.2 Å². The van der Waals surface area contributed by atoms with Crippen LogP contribution in [0.25, 0.3) is 0 Å². The van der Waals surface area contributed by atoms with Crippen LogP contribution in [0.15, 0.2) is 6.07 Å². The Morgan fingerprint density at radius 3 is 2.75 bits per heavy atom. The number of ether oxygens (including phenoxy) is 1. The third-order valence-electron chi connectivity index (χ3n) is 5.40. The molecule has 9 nitrogen and oxygen atoms in total. The van der Waals surface area contributed by atoms with Crippen LogP contribution < -0.4 is 15.5 Å². The molecule has 152 valence electrons. The van der Waals surface area contributed by atoms with Crippen molar-refractivity contribution in [2.24, 2.45) is 5.92 Å². The van der Waals surface area contributed by atoms with Crippen molar-refractivity contribution < 1.29 is 14.3 Å². The third kappa shape index (κ3) is 4.70. The smallest absolute Gasteiger partial charge is 0.225 e. The van der Waals surface area contributed by atoms with Gasteiger partial charge in [-0.05, 0) is 12.8 Å². The number of anilines is 2. The number of morpholine rings is 1. The number of rotatable bonds is 7. The fourth-order valence-corrected chi connectivity index (χ4v) is 3.54. The molecule has 0 radical (unpaired) electrons. The summed E-state index contributed by atoms with van der Waals surface area (Å²) in [5.41, 5.74) is 0.902. The molecular weight excluding hydrogens is 360 g/mol. The van der Waals surface area contributed by atoms with Crippen LogP contribution in [0.5, 0.6) is 0 Å². The van der Waals surface area contributed by atoms with E-state index in [-0.39, 0.29) is 17.7 Å². The molecule has 0 aromatic carbocycles. The number of amides is 2. The Balaban J connectivity index is 1.37. The zero-order valence-electron chi connectivity index (χ0n) is 16.3. The van der Waals surface area contributed by atoms with Gasteiger partial charge in [0.05, 0.1) is 19.1 Å². The third-order valence-corrected chi connectivity index (χ3v) is 5.40. The van der Waals surface area contributed by atoms with Gasteiger partial charge in [0.2, 0.25) is 17.8 Å². The zero-order chi connectivity index (χ0) is 19.5. The lowest BCUT2D eigenvalue weighted by Gasteiger charge is -2.28. The van der Waals surface area contributed by atoms with Crippen LogP contribution in [0.4, 0.5) is 11.8 Å². The summed E-state index contributed by atoms with van der Waals surface area (Å²) in [7, 11) is 1.73. The molecule has 1 aromatic heterocycles. The molecule has 9 heteroatoms. The molecule has 1 atom stereocenters. The predicted octanol–water partition coefficient (Wildman–Crippen LogP) is 0.0245. The minimum absolute atomic E-state index is 0.0295. The first kappa shape index (κ1) is 18.9. The summed E-state index contributed by atoms with van der Waals surface area (Å²) in [5, 5.41) is 6.33. The molecule has 2 saturated heterocycles. The van der Waals surface area contributed by atoms with Crippen molar-refractivity contribution in [3.63, 3.8) is 0 Å². The van der Waals surface area contributed by atoms with E-state index in [1.807, 2.05) is 6.07 Å². The molecule has 1 unspecified atom stereocenters. The maximum Gasteiger partial charge on any atom is 0.225 e. The summed E-state index contributed by atoms with van der Waals surface area (Å²) in [6.45, 7) is 4.04. The maximum absolute atomic E-state index is 12.3. The summed E-state index contributed by atoms with van der Waals surface area (Å²) >= 11 is 0. The lowest BCUT2D eigenvalue weighted by Crippen LogP contribution is -2.37. The van der Waals surface area contributed by atoms with Gasteiger partial charge in [-0.1, -0.05) is 0 Å². The standard InChI is InChI=1S/C19H28N6O3/c1-24-12-13(10-17(24)26)18(27)20-5-4-15-11-16(25-6-8-28-9-7-25)23-19(22-15)21-14-2-3-14/h11,13-14H,2-10,12H2,1H3,(H,20,27)(H,21,22,23). The van der Waals surface area contributed by atoms with Gasteiger partial charge in [0.15, 0.2) is 0 Å². The molecule has 2 aliphatic heterocycles. The topological polar surface area (TPSA) is 99.7 Å². The second-order valence-electron chi connectivity index (χ2n) is 7.78. The van der Waals surface area contributed by atoms with Gasteiger partial charge in [0.25, 0.3) is 0 Å². The van der Waals surface area contributed by atoms with Gasteiger partial charge >= 0.3 is 0 Å². The molecule has 1 aliphatic carbocycles. The number of nitrogens with one attached hydrogen (secondary N) is 2. The molecule has 3 fully saturated rings. The molecule has 3 heterocycles. The Morgan fingerprint density at radius 2 is 2.07 bits per heavy atom. The maximum atomic E-state index is 12.3. The van der Waals surface area contributed by atoms with Crippen molar-refractivity contribution in [3.05, 3.63) is 11.8 Å². The van der Waals surface area contributed by atoms with Crippen LogP contribution in [-0.2, 0) is 20.7 Å². The quantitative estimate of drug-likeness (QED) is 0.679. The number of carbonyl (C=O) groups excluding carboxylic acids is 2. The van der Waals surface area contributed by atoms with Crippen LogP contribution in [0.3, 0.4) is 0 Å². The van der Waals surface area contributed by atoms with Crippen molar-refractivity contribution in [1.29, 1.82) is 0 Å². The molecule has 2 amide bonds. The van der Waals surface area contributed by atoms with Gasteiger partial charge in [-0.25, -0.2) is 4.98 Å². The lowest BCUT2D eigenvalue weighted by molar-refractivity contribution is -0.128.